The summed E-state index contributed by atoms with van der Waals surface area (Å²) in [6.07, 6.45) is 0.794. The molecular weight excluding hydrogens is 227 g/mol. The van der Waals surface area contributed by atoms with Gasteiger partial charge < -0.3 is 5.11 Å². The largest absolute Gasteiger partial charge is 0.388 e. The minimum Gasteiger partial charge on any atom is -0.388 e. The molecule has 2 heteroatoms. The lowest BCUT2D eigenvalue weighted by molar-refractivity contribution is 0.168. The summed E-state index contributed by atoms with van der Waals surface area (Å²) < 4.78 is 13.1. The van der Waals surface area contributed by atoms with Crippen molar-refractivity contribution in [3.8, 4) is 0 Å². The summed E-state index contributed by atoms with van der Waals surface area (Å²) in [4.78, 5) is 0. The second-order valence-corrected chi connectivity index (χ2v) is 4.54. The predicted octanol–water partition coefficient (Wildman–Crippen LogP) is 3.80. The van der Waals surface area contributed by atoms with E-state index in [4.69, 9.17) is 0 Å². The van der Waals surface area contributed by atoms with Gasteiger partial charge >= 0.3 is 0 Å². The molecule has 18 heavy (non-hydrogen) atoms. The molecule has 0 bridgehead atoms. The van der Waals surface area contributed by atoms with E-state index in [1.165, 1.54) is 6.07 Å². The molecule has 0 spiro atoms. The number of aryl methyl sites for hydroxylation is 2. The molecule has 2 rings (SSSR count). The highest BCUT2D eigenvalue weighted by molar-refractivity contribution is 5.27. The molecule has 0 saturated heterocycles. The molecule has 94 valence electrons. The Bertz CT molecular complexity index is 508. The molecule has 0 saturated carbocycles. The van der Waals surface area contributed by atoms with Gasteiger partial charge in [0.15, 0.2) is 0 Å². The topological polar surface area (TPSA) is 20.2 Å². The van der Waals surface area contributed by atoms with E-state index in [0.717, 1.165) is 16.7 Å². The molecule has 0 aliphatic heterocycles. The molecule has 0 aromatic heterocycles. The van der Waals surface area contributed by atoms with Crippen LogP contribution in [0.3, 0.4) is 0 Å². The Labute approximate surface area is 107 Å². The van der Waals surface area contributed by atoms with Crippen LogP contribution in [0.2, 0.25) is 0 Å². The van der Waals surface area contributed by atoms with E-state index in [0.29, 0.717) is 12.8 Å². The molecule has 2 aromatic rings. The van der Waals surface area contributed by atoms with Crippen molar-refractivity contribution in [2.75, 3.05) is 0 Å². The lowest BCUT2D eigenvalue weighted by Gasteiger charge is -2.12. The van der Waals surface area contributed by atoms with Crippen LogP contribution >= 0.6 is 0 Å². The molecule has 1 nitrogen and oxygen atoms in total. The minimum atomic E-state index is -0.492. The summed E-state index contributed by atoms with van der Waals surface area (Å²) in [6.45, 7) is 1.96. The first-order valence-electron chi connectivity index (χ1n) is 6.15. The first-order chi connectivity index (χ1) is 8.66. The van der Waals surface area contributed by atoms with Gasteiger partial charge in [-0.2, -0.15) is 0 Å². The van der Waals surface area contributed by atoms with E-state index in [9.17, 15) is 9.50 Å². The lowest BCUT2D eigenvalue weighted by atomic mass is 9.98. The van der Waals surface area contributed by atoms with Crippen molar-refractivity contribution in [1.29, 1.82) is 0 Å². The van der Waals surface area contributed by atoms with Crippen LogP contribution in [0.15, 0.2) is 48.5 Å². The van der Waals surface area contributed by atoms with Crippen molar-refractivity contribution in [3.63, 3.8) is 0 Å². The summed E-state index contributed by atoms with van der Waals surface area (Å²) in [5.74, 6) is -0.218. The summed E-state index contributed by atoms with van der Waals surface area (Å²) >= 11 is 0. The van der Waals surface area contributed by atoms with E-state index in [1.807, 2.05) is 37.3 Å². The Morgan fingerprint density at radius 2 is 1.83 bits per heavy atom. The van der Waals surface area contributed by atoms with E-state index < -0.39 is 6.10 Å². The van der Waals surface area contributed by atoms with Crippen LogP contribution in [-0.2, 0) is 6.42 Å². The zero-order valence-corrected chi connectivity index (χ0v) is 10.4. The molecule has 1 unspecified atom stereocenters. The Morgan fingerprint density at radius 1 is 1.11 bits per heavy atom. The molecule has 0 amide bonds. The van der Waals surface area contributed by atoms with E-state index >= 15 is 0 Å². The van der Waals surface area contributed by atoms with Crippen molar-refractivity contribution in [3.05, 3.63) is 71.0 Å². The Kier molecular flexibility index (Phi) is 4.11. The second kappa shape index (κ2) is 5.78. The molecular formula is C16H17FO. The maximum atomic E-state index is 13.1. The molecule has 0 heterocycles. The number of benzene rings is 2. The molecule has 0 fully saturated rings. The van der Waals surface area contributed by atoms with Crippen LogP contribution in [0.25, 0.3) is 0 Å². The number of rotatable bonds is 4. The van der Waals surface area contributed by atoms with Crippen LogP contribution in [0, 0.1) is 12.7 Å². The number of aliphatic hydroxyl groups is 1. The molecule has 0 aliphatic rings. The number of hydrogen-bond donors (Lipinski definition) is 1. The van der Waals surface area contributed by atoms with Gasteiger partial charge in [-0.3, -0.25) is 0 Å². The highest BCUT2D eigenvalue weighted by atomic mass is 19.1. The Morgan fingerprint density at radius 3 is 2.56 bits per heavy atom. The third-order valence-electron chi connectivity index (χ3n) is 3.18. The maximum Gasteiger partial charge on any atom is 0.123 e. The van der Waals surface area contributed by atoms with Crippen molar-refractivity contribution >= 4 is 0 Å². The predicted molar refractivity (Wildman–Crippen MR) is 70.9 cm³/mol. The fourth-order valence-electron chi connectivity index (χ4n) is 2.04. The maximum absolute atomic E-state index is 13.1. The van der Waals surface area contributed by atoms with Crippen molar-refractivity contribution in [2.24, 2.45) is 0 Å². The normalized spacial score (nSPS) is 12.4. The molecule has 0 radical (unpaired) electrons. The Hall–Kier alpha value is -1.67. The van der Waals surface area contributed by atoms with Crippen molar-refractivity contribution < 1.29 is 9.50 Å². The average molecular weight is 244 g/mol. The fourth-order valence-corrected chi connectivity index (χ4v) is 2.04. The summed E-state index contributed by atoms with van der Waals surface area (Å²) in [5, 5.41) is 10.0. The lowest BCUT2D eigenvalue weighted by Crippen LogP contribution is -2.00. The van der Waals surface area contributed by atoms with Gasteiger partial charge in [-0.05, 0) is 48.6 Å². The quantitative estimate of drug-likeness (QED) is 0.867. The van der Waals surface area contributed by atoms with Crippen molar-refractivity contribution in [1.82, 2.24) is 0 Å². The Balaban J connectivity index is 2.01. The monoisotopic (exact) mass is 244 g/mol. The number of halogens is 1. The standard InChI is InChI=1S/C16H17FO/c1-12-7-9-15(17)11-14(12)8-10-16(18)13-5-3-2-4-6-13/h2-7,9,11,16,18H,8,10H2,1H3. The zero-order valence-electron chi connectivity index (χ0n) is 10.4. The van der Waals surface area contributed by atoms with Crippen LogP contribution in [0.4, 0.5) is 4.39 Å². The first kappa shape index (κ1) is 12.8. The smallest absolute Gasteiger partial charge is 0.123 e. The molecule has 0 aliphatic carbocycles. The van der Waals surface area contributed by atoms with Gasteiger partial charge in [-0.15, -0.1) is 0 Å². The third kappa shape index (κ3) is 3.17. The molecule has 2 aromatic carbocycles. The van der Waals surface area contributed by atoms with Gasteiger partial charge in [0.2, 0.25) is 0 Å². The van der Waals surface area contributed by atoms with Gasteiger partial charge in [0, 0.05) is 0 Å². The summed E-state index contributed by atoms with van der Waals surface area (Å²) in [7, 11) is 0. The zero-order chi connectivity index (χ0) is 13.0. The van der Waals surface area contributed by atoms with Crippen LogP contribution in [0.1, 0.15) is 29.2 Å². The van der Waals surface area contributed by atoms with Gasteiger partial charge in [-0.1, -0.05) is 36.4 Å². The number of aliphatic hydroxyl groups excluding tert-OH is 1. The third-order valence-corrected chi connectivity index (χ3v) is 3.18. The number of hydrogen-bond acceptors (Lipinski definition) is 1. The summed E-state index contributed by atoms with van der Waals surface area (Å²) in [5.41, 5.74) is 2.94. The average Bonchev–Trinajstić information content (AvgIpc) is 2.40. The highest BCUT2D eigenvalue weighted by Crippen LogP contribution is 2.20. The van der Waals surface area contributed by atoms with E-state index in [-0.39, 0.29) is 5.82 Å². The van der Waals surface area contributed by atoms with Crippen LogP contribution in [-0.4, -0.2) is 5.11 Å². The van der Waals surface area contributed by atoms with E-state index in [2.05, 4.69) is 0 Å². The van der Waals surface area contributed by atoms with Gasteiger partial charge in [-0.25, -0.2) is 4.39 Å². The van der Waals surface area contributed by atoms with Gasteiger partial charge in [0.1, 0.15) is 5.82 Å². The van der Waals surface area contributed by atoms with E-state index in [1.54, 1.807) is 12.1 Å². The second-order valence-electron chi connectivity index (χ2n) is 4.54. The molecule has 1 N–H and O–H groups in total. The van der Waals surface area contributed by atoms with Gasteiger partial charge in [0.25, 0.3) is 0 Å². The van der Waals surface area contributed by atoms with Crippen LogP contribution in [0.5, 0.6) is 0 Å². The highest BCUT2D eigenvalue weighted by Gasteiger charge is 2.08. The SMILES string of the molecule is Cc1ccc(F)cc1CCC(O)c1ccccc1. The summed E-state index contributed by atoms with van der Waals surface area (Å²) in [6, 6.07) is 14.3. The minimum absolute atomic E-state index is 0.218. The molecule has 1 atom stereocenters. The fraction of sp³-hybridized carbons (Fsp3) is 0.250. The van der Waals surface area contributed by atoms with Crippen molar-refractivity contribution in [2.45, 2.75) is 25.9 Å². The van der Waals surface area contributed by atoms with Gasteiger partial charge in [0.05, 0.1) is 6.10 Å². The van der Waals surface area contributed by atoms with Crippen LogP contribution < -0.4 is 0 Å². The first-order valence-corrected chi connectivity index (χ1v) is 6.15.